The van der Waals surface area contributed by atoms with Crippen LogP contribution in [0, 0.1) is 0 Å². The molecule has 0 unspecified atom stereocenters. The normalized spacial score (nSPS) is 11.4. The van der Waals surface area contributed by atoms with E-state index in [1.807, 2.05) is 24.3 Å². The monoisotopic (exact) mass is 385 g/mol. The Morgan fingerprint density at radius 3 is 2.45 bits per heavy atom. The number of benzene rings is 3. The summed E-state index contributed by atoms with van der Waals surface area (Å²) in [5.41, 5.74) is 9.30. The fraction of sp³-hybridized carbons (Fsp3) is 0.160. The standard InChI is InChI=1S/C25H25N2O2/c1-28-21-12-13-24-19(17-21)8-11-20(27(24)16-15-26)10-7-18-9-14-25(29-2)23-6-4-3-5-22(18)23/h3-14,17H,15-16,26H2,1-2H3/q+1/b10-7+. The second-order valence-electron chi connectivity index (χ2n) is 6.86. The van der Waals surface area contributed by atoms with Crippen LogP contribution in [-0.4, -0.2) is 20.8 Å². The number of hydrogen-bond acceptors (Lipinski definition) is 3. The van der Waals surface area contributed by atoms with E-state index in [1.54, 1.807) is 14.2 Å². The highest BCUT2D eigenvalue weighted by Gasteiger charge is 2.14. The smallest absolute Gasteiger partial charge is 0.213 e. The summed E-state index contributed by atoms with van der Waals surface area (Å²) in [6.45, 7) is 1.31. The Kier molecular flexibility index (Phi) is 5.45. The molecule has 4 nitrogen and oxygen atoms in total. The zero-order valence-electron chi connectivity index (χ0n) is 16.8. The minimum Gasteiger partial charge on any atom is -0.497 e. The highest BCUT2D eigenvalue weighted by molar-refractivity contribution is 5.96. The highest BCUT2D eigenvalue weighted by Crippen LogP contribution is 2.29. The van der Waals surface area contributed by atoms with E-state index in [-0.39, 0.29) is 0 Å². The molecule has 4 heteroatoms. The Morgan fingerprint density at radius 2 is 1.69 bits per heavy atom. The third-order valence-electron chi connectivity index (χ3n) is 5.19. The Morgan fingerprint density at radius 1 is 0.862 bits per heavy atom. The predicted octanol–water partition coefficient (Wildman–Crippen LogP) is 4.43. The van der Waals surface area contributed by atoms with Crippen molar-refractivity contribution in [1.82, 2.24) is 0 Å². The molecule has 0 saturated carbocycles. The van der Waals surface area contributed by atoms with Crippen LogP contribution in [0.2, 0.25) is 0 Å². The summed E-state index contributed by atoms with van der Waals surface area (Å²) in [5.74, 6) is 1.74. The van der Waals surface area contributed by atoms with Gasteiger partial charge in [0.15, 0.2) is 6.54 Å². The summed E-state index contributed by atoms with van der Waals surface area (Å²) in [7, 11) is 3.39. The van der Waals surface area contributed by atoms with Crippen LogP contribution in [0.15, 0.2) is 66.7 Å². The molecule has 4 rings (SSSR count). The van der Waals surface area contributed by atoms with Gasteiger partial charge < -0.3 is 15.2 Å². The zero-order chi connectivity index (χ0) is 20.2. The minimum atomic E-state index is 0.572. The number of rotatable bonds is 6. The maximum absolute atomic E-state index is 5.91. The molecule has 0 amide bonds. The summed E-state index contributed by atoms with van der Waals surface area (Å²) in [6.07, 6.45) is 4.30. The Labute approximate surface area is 170 Å². The van der Waals surface area contributed by atoms with Gasteiger partial charge in [-0.25, -0.2) is 0 Å². The molecule has 1 heterocycles. The van der Waals surface area contributed by atoms with E-state index in [4.69, 9.17) is 15.2 Å². The number of hydrogen-bond donors (Lipinski definition) is 1. The maximum Gasteiger partial charge on any atom is 0.213 e. The molecule has 0 aliphatic carbocycles. The molecule has 0 aliphatic heterocycles. The fourth-order valence-corrected chi connectivity index (χ4v) is 3.76. The number of nitrogens with zero attached hydrogens (tertiary/aromatic N) is 1. The summed E-state index contributed by atoms with van der Waals surface area (Å²) in [5, 5.41) is 3.40. The SMILES string of the molecule is COc1ccc2c(ccc(/C=C/c3ccc(OC)c4ccccc34)[n+]2CCN)c1. The largest absolute Gasteiger partial charge is 0.497 e. The van der Waals surface area contributed by atoms with Crippen molar-refractivity contribution in [2.75, 3.05) is 20.8 Å². The Bertz CT molecular complexity index is 1200. The van der Waals surface area contributed by atoms with Gasteiger partial charge in [0.25, 0.3) is 0 Å². The number of nitrogens with two attached hydrogens (primary N) is 1. The average Bonchev–Trinajstić information content (AvgIpc) is 2.78. The van der Waals surface area contributed by atoms with Crippen molar-refractivity contribution < 1.29 is 14.0 Å². The lowest BCUT2D eigenvalue weighted by Gasteiger charge is -2.08. The van der Waals surface area contributed by atoms with Crippen molar-refractivity contribution in [2.45, 2.75) is 6.54 Å². The first-order chi connectivity index (χ1) is 14.2. The van der Waals surface area contributed by atoms with Crippen molar-refractivity contribution in [1.29, 1.82) is 0 Å². The van der Waals surface area contributed by atoms with Gasteiger partial charge in [-0.2, -0.15) is 4.57 Å². The molecular weight excluding hydrogens is 360 g/mol. The molecule has 0 spiro atoms. The molecule has 0 saturated heterocycles. The van der Waals surface area contributed by atoms with Gasteiger partial charge in [-0.3, -0.25) is 0 Å². The van der Waals surface area contributed by atoms with Crippen LogP contribution in [0.5, 0.6) is 11.5 Å². The van der Waals surface area contributed by atoms with Gasteiger partial charge in [0.05, 0.1) is 26.2 Å². The van der Waals surface area contributed by atoms with E-state index in [1.165, 1.54) is 5.39 Å². The van der Waals surface area contributed by atoms with Crippen LogP contribution < -0.4 is 19.8 Å². The van der Waals surface area contributed by atoms with Gasteiger partial charge in [0, 0.05) is 23.6 Å². The van der Waals surface area contributed by atoms with Crippen molar-refractivity contribution >= 4 is 33.8 Å². The van der Waals surface area contributed by atoms with Gasteiger partial charge in [-0.05, 0) is 41.3 Å². The average molecular weight is 385 g/mol. The minimum absolute atomic E-state index is 0.572. The van der Waals surface area contributed by atoms with E-state index in [2.05, 4.69) is 59.2 Å². The molecule has 4 aromatic rings. The van der Waals surface area contributed by atoms with Crippen molar-refractivity contribution in [3.63, 3.8) is 0 Å². The van der Waals surface area contributed by atoms with E-state index in [9.17, 15) is 0 Å². The van der Waals surface area contributed by atoms with Gasteiger partial charge in [0.2, 0.25) is 11.2 Å². The molecule has 2 N–H and O–H groups in total. The summed E-state index contributed by atoms with van der Waals surface area (Å²) in [6, 6.07) is 22.8. The van der Waals surface area contributed by atoms with Gasteiger partial charge in [-0.1, -0.05) is 30.3 Å². The molecule has 0 fully saturated rings. The molecule has 1 aromatic heterocycles. The van der Waals surface area contributed by atoms with Crippen LogP contribution >= 0.6 is 0 Å². The molecule has 3 aromatic carbocycles. The number of aromatic nitrogens is 1. The molecule has 0 bridgehead atoms. The van der Waals surface area contributed by atoms with E-state index >= 15 is 0 Å². The maximum atomic E-state index is 5.91. The second kappa shape index (κ2) is 8.33. The summed E-state index contributed by atoms with van der Waals surface area (Å²) < 4.78 is 13.1. The third-order valence-corrected chi connectivity index (χ3v) is 5.19. The second-order valence-corrected chi connectivity index (χ2v) is 6.86. The molecule has 146 valence electrons. The van der Waals surface area contributed by atoms with Crippen LogP contribution in [0.1, 0.15) is 11.3 Å². The van der Waals surface area contributed by atoms with Crippen molar-refractivity contribution in [3.05, 3.63) is 78.0 Å². The topological polar surface area (TPSA) is 48.4 Å². The van der Waals surface area contributed by atoms with E-state index < -0.39 is 0 Å². The van der Waals surface area contributed by atoms with E-state index in [0.29, 0.717) is 6.54 Å². The summed E-state index contributed by atoms with van der Waals surface area (Å²) >= 11 is 0. The first kappa shape index (κ1) is 19.0. The number of fused-ring (bicyclic) bond motifs is 2. The Balaban J connectivity index is 1.81. The zero-order valence-corrected chi connectivity index (χ0v) is 16.8. The van der Waals surface area contributed by atoms with Crippen molar-refractivity contribution in [2.24, 2.45) is 5.73 Å². The van der Waals surface area contributed by atoms with Gasteiger partial charge in [0.1, 0.15) is 11.5 Å². The number of methoxy groups -OCH3 is 2. The van der Waals surface area contributed by atoms with Crippen LogP contribution in [0.3, 0.4) is 0 Å². The van der Waals surface area contributed by atoms with Crippen LogP contribution in [-0.2, 0) is 6.54 Å². The predicted molar refractivity (Wildman–Crippen MR) is 119 cm³/mol. The quantitative estimate of drug-likeness (QED) is 0.500. The summed E-state index contributed by atoms with van der Waals surface area (Å²) in [4.78, 5) is 0. The fourth-order valence-electron chi connectivity index (χ4n) is 3.76. The molecule has 0 radical (unpaired) electrons. The highest BCUT2D eigenvalue weighted by atomic mass is 16.5. The lowest BCUT2D eigenvalue weighted by molar-refractivity contribution is -0.670. The molecular formula is C25H25N2O2+. The Hall–Kier alpha value is -3.37. The third kappa shape index (κ3) is 3.67. The van der Waals surface area contributed by atoms with Crippen LogP contribution in [0.4, 0.5) is 0 Å². The lowest BCUT2D eigenvalue weighted by Crippen LogP contribution is -2.41. The van der Waals surface area contributed by atoms with Gasteiger partial charge in [-0.15, -0.1) is 0 Å². The first-order valence-corrected chi connectivity index (χ1v) is 9.69. The molecule has 0 atom stereocenters. The molecule has 0 aliphatic rings. The molecule has 29 heavy (non-hydrogen) atoms. The number of ether oxygens (including phenoxy) is 2. The van der Waals surface area contributed by atoms with Gasteiger partial charge >= 0.3 is 0 Å². The van der Waals surface area contributed by atoms with E-state index in [0.717, 1.165) is 45.6 Å². The lowest BCUT2D eigenvalue weighted by atomic mass is 10.0. The first-order valence-electron chi connectivity index (χ1n) is 9.69. The van der Waals surface area contributed by atoms with Crippen LogP contribution in [0.25, 0.3) is 33.8 Å². The number of pyridine rings is 1. The van der Waals surface area contributed by atoms with Crippen molar-refractivity contribution in [3.8, 4) is 11.5 Å².